The second-order valence-corrected chi connectivity index (χ2v) is 4.69. The number of aryl methyl sites for hydroxylation is 1. The van der Waals surface area contributed by atoms with Crippen LogP contribution in [0, 0.1) is 0 Å². The van der Waals surface area contributed by atoms with Crippen LogP contribution in [0.5, 0.6) is 0 Å². The third-order valence-electron chi connectivity index (χ3n) is 3.33. The summed E-state index contributed by atoms with van der Waals surface area (Å²) >= 11 is 0. The predicted molar refractivity (Wildman–Crippen MR) is 65.1 cm³/mol. The van der Waals surface area contributed by atoms with Gasteiger partial charge in [0.05, 0.1) is 0 Å². The molecule has 16 heavy (non-hydrogen) atoms. The molecule has 0 aromatic carbocycles. The van der Waals surface area contributed by atoms with Crippen LogP contribution in [0.25, 0.3) is 0 Å². The van der Waals surface area contributed by atoms with Crippen LogP contribution >= 0.6 is 0 Å². The molecule has 1 aromatic rings. The van der Waals surface area contributed by atoms with Gasteiger partial charge in [-0.1, -0.05) is 0 Å². The van der Waals surface area contributed by atoms with E-state index in [0.29, 0.717) is 12.1 Å². The molecule has 1 fully saturated rings. The highest BCUT2D eigenvalue weighted by Gasteiger charge is 2.17. The van der Waals surface area contributed by atoms with E-state index in [4.69, 9.17) is 5.73 Å². The van der Waals surface area contributed by atoms with Crippen LogP contribution in [0.3, 0.4) is 0 Å². The lowest BCUT2D eigenvalue weighted by atomic mass is 9.92. The number of hydrogen-bond acceptors (Lipinski definition) is 3. The number of aromatic nitrogens is 2. The largest absolute Gasteiger partial charge is 0.328 e. The molecule has 0 amide bonds. The van der Waals surface area contributed by atoms with Crippen LogP contribution in [0.2, 0.25) is 0 Å². The number of nitrogens with zero attached hydrogens (tertiary/aromatic N) is 2. The summed E-state index contributed by atoms with van der Waals surface area (Å²) in [5.41, 5.74) is 5.88. The number of rotatable bonds is 5. The lowest BCUT2D eigenvalue weighted by Crippen LogP contribution is -2.37. The van der Waals surface area contributed by atoms with E-state index >= 15 is 0 Å². The summed E-state index contributed by atoms with van der Waals surface area (Å²) in [4.78, 5) is 0. The first-order chi connectivity index (χ1) is 7.84. The van der Waals surface area contributed by atoms with Crippen molar-refractivity contribution in [2.24, 2.45) is 5.73 Å². The minimum Gasteiger partial charge on any atom is -0.328 e. The second-order valence-electron chi connectivity index (χ2n) is 4.69. The Hall–Kier alpha value is -0.870. The summed E-state index contributed by atoms with van der Waals surface area (Å²) in [6, 6.07) is 3.11. The van der Waals surface area contributed by atoms with Gasteiger partial charge in [0, 0.05) is 31.0 Å². The van der Waals surface area contributed by atoms with Crippen molar-refractivity contribution >= 4 is 0 Å². The first-order valence-electron chi connectivity index (χ1n) is 6.31. The van der Waals surface area contributed by atoms with E-state index in [0.717, 1.165) is 19.5 Å². The first kappa shape index (κ1) is 11.6. The van der Waals surface area contributed by atoms with Crippen molar-refractivity contribution in [3.63, 3.8) is 0 Å². The van der Waals surface area contributed by atoms with Crippen molar-refractivity contribution in [1.29, 1.82) is 0 Å². The molecule has 4 nitrogen and oxygen atoms in total. The Balaban J connectivity index is 1.55. The number of nitrogens with two attached hydrogens (primary N) is 1. The molecular weight excluding hydrogens is 200 g/mol. The van der Waals surface area contributed by atoms with E-state index in [1.54, 1.807) is 0 Å². The minimum atomic E-state index is 0.446. The van der Waals surface area contributed by atoms with E-state index in [-0.39, 0.29) is 0 Å². The van der Waals surface area contributed by atoms with Crippen LogP contribution in [-0.2, 0) is 6.54 Å². The van der Waals surface area contributed by atoms with Crippen molar-refractivity contribution in [2.45, 2.75) is 50.7 Å². The van der Waals surface area contributed by atoms with Gasteiger partial charge in [-0.3, -0.25) is 4.68 Å². The van der Waals surface area contributed by atoms with Crippen molar-refractivity contribution in [3.05, 3.63) is 18.5 Å². The molecule has 0 bridgehead atoms. The highest BCUT2D eigenvalue weighted by molar-refractivity contribution is 4.79. The molecule has 1 aliphatic rings. The van der Waals surface area contributed by atoms with E-state index in [1.165, 1.54) is 25.7 Å². The molecule has 0 atom stereocenters. The molecule has 0 unspecified atom stereocenters. The Morgan fingerprint density at radius 3 is 2.81 bits per heavy atom. The smallest absolute Gasteiger partial charge is 0.0489 e. The SMILES string of the molecule is NC1CCC(NCCCn2cccn2)CC1. The lowest BCUT2D eigenvalue weighted by Gasteiger charge is -2.26. The van der Waals surface area contributed by atoms with Crippen molar-refractivity contribution in [2.75, 3.05) is 6.54 Å². The fourth-order valence-corrected chi connectivity index (χ4v) is 2.30. The first-order valence-corrected chi connectivity index (χ1v) is 6.31. The minimum absolute atomic E-state index is 0.446. The zero-order valence-electron chi connectivity index (χ0n) is 9.81. The van der Waals surface area contributed by atoms with Crippen LogP contribution < -0.4 is 11.1 Å². The maximum Gasteiger partial charge on any atom is 0.0489 e. The molecular formula is C12H22N4. The molecule has 1 aromatic heterocycles. The monoisotopic (exact) mass is 222 g/mol. The molecule has 0 spiro atoms. The maximum atomic E-state index is 5.88. The van der Waals surface area contributed by atoms with E-state index in [2.05, 4.69) is 10.4 Å². The summed E-state index contributed by atoms with van der Waals surface area (Å²) in [7, 11) is 0. The van der Waals surface area contributed by atoms with Gasteiger partial charge in [-0.05, 0) is 44.7 Å². The Bertz CT molecular complexity index is 275. The van der Waals surface area contributed by atoms with E-state index in [1.807, 2.05) is 23.1 Å². The lowest BCUT2D eigenvalue weighted by molar-refractivity contribution is 0.339. The summed E-state index contributed by atoms with van der Waals surface area (Å²) in [5.74, 6) is 0. The molecule has 3 N–H and O–H groups in total. The van der Waals surface area contributed by atoms with Gasteiger partial charge in [-0.15, -0.1) is 0 Å². The van der Waals surface area contributed by atoms with Gasteiger partial charge in [0.15, 0.2) is 0 Å². The molecule has 0 radical (unpaired) electrons. The van der Waals surface area contributed by atoms with Gasteiger partial charge in [-0.2, -0.15) is 5.10 Å². The predicted octanol–water partition coefficient (Wildman–Crippen LogP) is 1.13. The average Bonchev–Trinajstić information content (AvgIpc) is 2.80. The van der Waals surface area contributed by atoms with Crippen molar-refractivity contribution in [3.8, 4) is 0 Å². The summed E-state index contributed by atoms with van der Waals surface area (Å²) < 4.78 is 1.98. The molecule has 0 aliphatic heterocycles. The van der Waals surface area contributed by atoms with Crippen LogP contribution in [0.15, 0.2) is 18.5 Å². The molecule has 90 valence electrons. The summed E-state index contributed by atoms with van der Waals surface area (Å²) in [5, 5.41) is 7.79. The Labute approximate surface area is 97.2 Å². The maximum absolute atomic E-state index is 5.88. The van der Waals surface area contributed by atoms with Gasteiger partial charge < -0.3 is 11.1 Å². The number of nitrogens with one attached hydrogen (secondary N) is 1. The van der Waals surface area contributed by atoms with Gasteiger partial charge in [0.2, 0.25) is 0 Å². The normalized spacial score (nSPS) is 25.8. The molecule has 0 saturated heterocycles. The topological polar surface area (TPSA) is 55.9 Å². The fraction of sp³-hybridized carbons (Fsp3) is 0.750. The second kappa shape index (κ2) is 6.01. The highest BCUT2D eigenvalue weighted by atomic mass is 15.3. The van der Waals surface area contributed by atoms with Gasteiger partial charge in [-0.25, -0.2) is 0 Å². The van der Waals surface area contributed by atoms with Crippen LogP contribution in [-0.4, -0.2) is 28.4 Å². The quantitative estimate of drug-likeness (QED) is 0.734. The third kappa shape index (κ3) is 3.61. The Morgan fingerprint density at radius 1 is 1.31 bits per heavy atom. The zero-order valence-corrected chi connectivity index (χ0v) is 9.81. The van der Waals surface area contributed by atoms with E-state index < -0.39 is 0 Å². The summed E-state index contributed by atoms with van der Waals surface area (Å²) in [6.45, 7) is 2.09. The van der Waals surface area contributed by atoms with Gasteiger partial charge in [0.1, 0.15) is 0 Å². The Morgan fingerprint density at radius 2 is 2.12 bits per heavy atom. The van der Waals surface area contributed by atoms with Gasteiger partial charge >= 0.3 is 0 Å². The molecule has 2 rings (SSSR count). The van der Waals surface area contributed by atoms with Crippen molar-refractivity contribution in [1.82, 2.24) is 15.1 Å². The molecule has 4 heteroatoms. The average molecular weight is 222 g/mol. The number of hydrogen-bond donors (Lipinski definition) is 2. The molecule has 1 aliphatic carbocycles. The van der Waals surface area contributed by atoms with E-state index in [9.17, 15) is 0 Å². The summed E-state index contributed by atoms with van der Waals surface area (Å²) in [6.07, 6.45) is 9.82. The molecule has 1 saturated carbocycles. The van der Waals surface area contributed by atoms with Crippen LogP contribution in [0.4, 0.5) is 0 Å². The molecule has 1 heterocycles. The fourth-order valence-electron chi connectivity index (χ4n) is 2.30. The van der Waals surface area contributed by atoms with Crippen LogP contribution in [0.1, 0.15) is 32.1 Å². The standard InChI is InChI=1S/C12H22N4/c13-11-3-5-12(6-4-11)14-7-1-9-16-10-2-8-15-16/h2,8,10-12,14H,1,3-7,9,13H2. The highest BCUT2D eigenvalue weighted by Crippen LogP contribution is 2.16. The zero-order chi connectivity index (χ0) is 11.2. The van der Waals surface area contributed by atoms with Gasteiger partial charge in [0.25, 0.3) is 0 Å². The Kier molecular flexibility index (Phi) is 4.36. The third-order valence-corrected chi connectivity index (χ3v) is 3.33. The van der Waals surface area contributed by atoms with Crippen molar-refractivity contribution < 1.29 is 0 Å².